The molecular weight excluding hydrogens is 625 g/mol. The number of nitrogens with zero attached hydrogens (tertiary/aromatic N) is 3. The maximum atomic E-state index is 14.8. The third-order valence-electron chi connectivity index (χ3n) is 7.73. The zero-order valence-electron chi connectivity index (χ0n) is 27.1. The molecule has 1 atom stereocenters. The Morgan fingerprint density at radius 1 is 0.837 bits per heavy atom. The first-order valence-electron chi connectivity index (χ1n) is 15.9. The third-order valence-corrected chi connectivity index (χ3v) is 7.73. The summed E-state index contributed by atoms with van der Waals surface area (Å²) in [4.78, 5) is 50.7. The van der Waals surface area contributed by atoms with Crippen LogP contribution in [0.4, 0.5) is 14.9 Å². The van der Waals surface area contributed by atoms with Crippen LogP contribution >= 0.6 is 0 Å². The van der Waals surface area contributed by atoms with Crippen molar-refractivity contribution in [1.29, 1.82) is 0 Å². The Hall–Kier alpha value is -5.97. The first kappa shape index (κ1) is 34.4. The number of aromatic amines is 1. The number of aromatic nitrogens is 2. The van der Waals surface area contributed by atoms with Gasteiger partial charge in [0.2, 0.25) is 11.8 Å². The number of ether oxygens (including phenoxy) is 2. The standard InChI is InChI=1S/C38H38FN5O5/c1-2-44(35-16-10-9-15-33(35)39)36(45)24-43(23-28-17-19-32(20-18-28)48-25-29-11-5-3-6-12-29)37(46)34(21-31-22-40-27-41-31)42-38(47)49-26-30-13-7-4-8-14-30/h3-20,22,27,34H,2,21,23-26H2,1H3,(H,40,41)(H,42,47). The highest BCUT2D eigenvalue weighted by Crippen LogP contribution is 2.21. The Morgan fingerprint density at radius 3 is 2.12 bits per heavy atom. The highest BCUT2D eigenvalue weighted by Gasteiger charge is 2.30. The van der Waals surface area contributed by atoms with Crippen LogP contribution in [0.1, 0.15) is 29.3 Å². The van der Waals surface area contributed by atoms with E-state index in [1.807, 2.05) is 72.8 Å². The minimum atomic E-state index is -1.12. The summed E-state index contributed by atoms with van der Waals surface area (Å²) in [5.74, 6) is -0.941. The molecular formula is C38H38FN5O5. The molecule has 5 aromatic rings. The predicted octanol–water partition coefficient (Wildman–Crippen LogP) is 6.05. The second-order valence-electron chi connectivity index (χ2n) is 11.2. The predicted molar refractivity (Wildman–Crippen MR) is 183 cm³/mol. The molecule has 0 fully saturated rings. The van der Waals surface area contributed by atoms with Crippen molar-refractivity contribution in [2.45, 2.75) is 39.1 Å². The number of carbonyl (C=O) groups is 3. The van der Waals surface area contributed by atoms with Crippen molar-refractivity contribution < 1.29 is 28.2 Å². The Kier molecular flexibility index (Phi) is 12.1. The van der Waals surface area contributed by atoms with Crippen molar-refractivity contribution in [3.8, 4) is 5.75 Å². The van der Waals surface area contributed by atoms with Gasteiger partial charge in [-0.1, -0.05) is 84.9 Å². The van der Waals surface area contributed by atoms with Crippen LogP contribution in [0.15, 0.2) is 122 Å². The van der Waals surface area contributed by atoms with Crippen molar-refractivity contribution in [1.82, 2.24) is 20.2 Å². The van der Waals surface area contributed by atoms with Gasteiger partial charge in [0.25, 0.3) is 0 Å². The number of hydrogen-bond acceptors (Lipinski definition) is 6. The van der Waals surface area contributed by atoms with E-state index in [-0.39, 0.29) is 38.3 Å². The van der Waals surface area contributed by atoms with E-state index in [1.54, 1.807) is 37.4 Å². The number of halogens is 1. The third kappa shape index (κ3) is 10.0. The minimum absolute atomic E-state index is 0.00658. The molecule has 0 saturated carbocycles. The molecule has 0 bridgehead atoms. The molecule has 4 aromatic carbocycles. The highest BCUT2D eigenvalue weighted by molar-refractivity contribution is 5.97. The number of para-hydroxylation sites is 1. The number of alkyl carbamates (subject to hydrolysis) is 1. The molecule has 2 N–H and O–H groups in total. The summed E-state index contributed by atoms with van der Waals surface area (Å²) in [5.41, 5.74) is 3.23. The van der Waals surface area contributed by atoms with E-state index in [0.29, 0.717) is 23.6 Å². The number of anilines is 1. The van der Waals surface area contributed by atoms with Crippen molar-refractivity contribution in [3.63, 3.8) is 0 Å². The Labute approximate surface area is 284 Å². The molecule has 0 spiro atoms. The Balaban J connectivity index is 1.36. The average Bonchev–Trinajstić information content (AvgIpc) is 3.65. The summed E-state index contributed by atoms with van der Waals surface area (Å²) >= 11 is 0. The fourth-order valence-corrected chi connectivity index (χ4v) is 5.21. The fourth-order valence-electron chi connectivity index (χ4n) is 5.21. The quantitative estimate of drug-likeness (QED) is 0.141. The second-order valence-corrected chi connectivity index (χ2v) is 11.2. The molecule has 10 nitrogen and oxygen atoms in total. The summed E-state index contributed by atoms with van der Waals surface area (Å²) in [6.07, 6.45) is 2.29. The van der Waals surface area contributed by atoms with E-state index in [2.05, 4.69) is 15.3 Å². The maximum absolute atomic E-state index is 14.8. The number of H-pyrrole nitrogens is 1. The molecule has 0 aliphatic rings. The van der Waals surface area contributed by atoms with Gasteiger partial charge < -0.3 is 29.6 Å². The minimum Gasteiger partial charge on any atom is -0.489 e. The van der Waals surface area contributed by atoms with Crippen LogP contribution in [0.2, 0.25) is 0 Å². The first-order chi connectivity index (χ1) is 23.9. The molecule has 5 rings (SSSR count). The van der Waals surface area contributed by atoms with Crippen molar-refractivity contribution in [2.75, 3.05) is 18.0 Å². The molecule has 1 heterocycles. The van der Waals surface area contributed by atoms with E-state index in [4.69, 9.17) is 9.47 Å². The number of nitrogens with one attached hydrogen (secondary N) is 2. The van der Waals surface area contributed by atoms with Crippen molar-refractivity contribution >= 4 is 23.6 Å². The summed E-state index contributed by atoms with van der Waals surface area (Å²) < 4.78 is 26.1. The van der Waals surface area contributed by atoms with E-state index in [0.717, 1.165) is 11.1 Å². The van der Waals surface area contributed by atoms with Gasteiger partial charge in [-0.05, 0) is 47.9 Å². The fraction of sp³-hybridized carbons (Fsp3) is 0.211. The van der Waals surface area contributed by atoms with E-state index in [1.165, 1.54) is 28.3 Å². The van der Waals surface area contributed by atoms with Crippen LogP contribution in [0, 0.1) is 5.82 Å². The summed E-state index contributed by atoms with van der Waals surface area (Å²) in [6, 6.07) is 31.0. The monoisotopic (exact) mass is 663 g/mol. The van der Waals surface area contributed by atoms with Gasteiger partial charge in [0.05, 0.1) is 12.0 Å². The van der Waals surface area contributed by atoms with Crippen LogP contribution in [-0.2, 0) is 40.5 Å². The average molecular weight is 664 g/mol. The molecule has 0 saturated heterocycles. The number of carbonyl (C=O) groups excluding carboxylic acids is 3. The number of benzene rings is 4. The smallest absolute Gasteiger partial charge is 0.408 e. The number of imidazole rings is 1. The summed E-state index contributed by atoms with van der Waals surface area (Å²) in [5, 5.41) is 2.69. The van der Waals surface area contributed by atoms with E-state index >= 15 is 0 Å². The van der Waals surface area contributed by atoms with Crippen LogP contribution in [0.3, 0.4) is 0 Å². The largest absolute Gasteiger partial charge is 0.489 e. The molecule has 252 valence electrons. The molecule has 0 radical (unpaired) electrons. The summed E-state index contributed by atoms with van der Waals surface area (Å²) in [7, 11) is 0. The Bertz CT molecular complexity index is 1790. The van der Waals surface area contributed by atoms with Crippen molar-refractivity contribution in [3.05, 3.63) is 150 Å². The van der Waals surface area contributed by atoms with Crippen LogP contribution in [-0.4, -0.2) is 51.9 Å². The Morgan fingerprint density at radius 2 is 1.49 bits per heavy atom. The van der Waals surface area contributed by atoms with Gasteiger partial charge in [-0.2, -0.15) is 0 Å². The molecule has 49 heavy (non-hydrogen) atoms. The van der Waals surface area contributed by atoms with Gasteiger partial charge in [0.1, 0.15) is 37.4 Å². The molecule has 1 unspecified atom stereocenters. The SMILES string of the molecule is CCN(C(=O)CN(Cc1ccc(OCc2ccccc2)cc1)C(=O)C(Cc1cnc[nH]1)NC(=O)OCc1ccccc1)c1ccccc1F. The topological polar surface area (TPSA) is 117 Å². The molecule has 0 aliphatic carbocycles. The number of amides is 3. The normalized spacial score (nSPS) is 11.3. The lowest BCUT2D eigenvalue weighted by Crippen LogP contribution is -2.52. The molecule has 3 amide bonds. The number of hydrogen-bond donors (Lipinski definition) is 2. The van der Waals surface area contributed by atoms with Gasteiger partial charge in [-0.25, -0.2) is 14.2 Å². The molecule has 0 aliphatic heterocycles. The van der Waals surface area contributed by atoms with Gasteiger partial charge >= 0.3 is 6.09 Å². The van der Waals surface area contributed by atoms with Crippen molar-refractivity contribution in [2.24, 2.45) is 0 Å². The first-order valence-corrected chi connectivity index (χ1v) is 15.9. The van der Waals surface area contributed by atoms with E-state index in [9.17, 15) is 18.8 Å². The van der Waals surface area contributed by atoms with Crippen LogP contribution < -0.4 is 15.0 Å². The summed E-state index contributed by atoms with van der Waals surface area (Å²) in [6.45, 7) is 1.95. The number of rotatable bonds is 15. The maximum Gasteiger partial charge on any atom is 0.408 e. The molecule has 1 aromatic heterocycles. The zero-order valence-corrected chi connectivity index (χ0v) is 27.1. The van der Waals surface area contributed by atoms with Crippen LogP contribution in [0.5, 0.6) is 5.75 Å². The second kappa shape index (κ2) is 17.3. The zero-order chi connectivity index (χ0) is 34.4. The lowest BCUT2D eigenvalue weighted by Gasteiger charge is -2.30. The van der Waals surface area contributed by atoms with Crippen LogP contribution in [0.25, 0.3) is 0 Å². The lowest BCUT2D eigenvalue weighted by molar-refractivity contribution is -0.137. The molecule has 11 heteroatoms. The van der Waals surface area contributed by atoms with Gasteiger partial charge in [0.15, 0.2) is 0 Å². The lowest BCUT2D eigenvalue weighted by atomic mass is 10.1. The number of likely N-dealkylation sites (N-methyl/N-ethyl adjacent to an activating group) is 1. The van der Waals surface area contributed by atoms with Gasteiger partial charge in [-0.3, -0.25) is 9.59 Å². The van der Waals surface area contributed by atoms with Gasteiger partial charge in [-0.15, -0.1) is 0 Å². The highest BCUT2D eigenvalue weighted by atomic mass is 19.1. The van der Waals surface area contributed by atoms with Gasteiger partial charge in [0, 0.05) is 31.4 Å². The van der Waals surface area contributed by atoms with E-state index < -0.39 is 29.8 Å².